The van der Waals surface area contributed by atoms with Crippen LogP contribution in [0.5, 0.6) is 0 Å². The van der Waals surface area contributed by atoms with Gasteiger partial charge in [0.1, 0.15) is 6.10 Å². The molecule has 0 bridgehead atoms. The summed E-state index contributed by atoms with van der Waals surface area (Å²) in [4.78, 5) is 12.8. The molecule has 10 unspecified atom stereocenters. The molecule has 0 radical (unpaired) electrons. The van der Waals surface area contributed by atoms with E-state index in [1.807, 2.05) is 63.3 Å². The first-order chi connectivity index (χ1) is 19.3. The van der Waals surface area contributed by atoms with Crippen LogP contribution in [-0.4, -0.2) is 79.3 Å². The maximum atomic E-state index is 12.8. The Hall–Kier alpha value is -2.07. The summed E-state index contributed by atoms with van der Waals surface area (Å²) in [6.07, 6.45) is 13.4. The van der Waals surface area contributed by atoms with Crippen LogP contribution in [0.4, 0.5) is 0 Å². The van der Waals surface area contributed by atoms with Crippen molar-refractivity contribution < 1.29 is 40.2 Å². The Morgan fingerprint density at radius 2 is 1.17 bits per heavy atom. The highest BCUT2D eigenvalue weighted by Crippen LogP contribution is 2.23. The lowest BCUT2D eigenvalue weighted by atomic mass is 9.91. The van der Waals surface area contributed by atoms with Gasteiger partial charge in [0.05, 0.1) is 42.5 Å². The van der Waals surface area contributed by atoms with Gasteiger partial charge in [-0.3, -0.25) is 4.79 Å². The SMILES string of the molecule is CC(C)C1OC(=O)C(C)C(O)CC(O)CCCC(O)CC(O)CC(O)C(C)C(O)/C=C/C=C/C=C/C=C/C=C/C1C. The Morgan fingerprint density at radius 3 is 1.73 bits per heavy atom. The van der Waals surface area contributed by atoms with E-state index in [9.17, 15) is 35.4 Å². The van der Waals surface area contributed by atoms with Gasteiger partial charge in [0.2, 0.25) is 0 Å². The average molecular weight is 579 g/mol. The Morgan fingerprint density at radius 1 is 0.683 bits per heavy atom. The molecule has 6 N–H and O–H groups in total. The fourth-order valence-electron chi connectivity index (χ4n) is 4.78. The fraction of sp³-hybridized carbons (Fsp3) is 0.667. The van der Waals surface area contributed by atoms with Gasteiger partial charge in [-0.05, 0) is 44.9 Å². The molecule has 1 aliphatic heterocycles. The van der Waals surface area contributed by atoms with E-state index in [0.29, 0.717) is 19.3 Å². The topological polar surface area (TPSA) is 148 Å². The van der Waals surface area contributed by atoms with Gasteiger partial charge in [0.15, 0.2) is 0 Å². The Bertz CT molecular complexity index is 876. The Labute approximate surface area is 246 Å². The summed E-state index contributed by atoms with van der Waals surface area (Å²) in [6.45, 7) is 9.22. The van der Waals surface area contributed by atoms with Gasteiger partial charge in [-0.15, -0.1) is 0 Å². The van der Waals surface area contributed by atoms with Crippen molar-refractivity contribution in [2.24, 2.45) is 23.7 Å². The molecule has 0 aromatic carbocycles. The number of allylic oxidation sites excluding steroid dienone is 8. The number of cyclic esters (lactones) is 1. The highest BCUT2D eigenvalue weighted by atomic mass is 16.5. The number of rotatable bonds is 1. The molecule has 1 heterocycles. The molecule has 0 saturated heterocycles. The van der Waals surface area contributed by atoms with Gasteiger partial charge in [0.25, 0.3) is 0 Å². The molecule has 0 aliphatic carbocycles. The number of aliphatic hydroxyl groups excluding tert-OH is 6. The number of aliphatic hydroxyl groups is 6. The van der Waals surface area contributed by atoms with Gasteiger partial charge in [0, 0.05) is 18.3 Å². The zero-order valence-corrected chi connectivity index (χ0v) is 25.4. The molecule has 0 aromatic rings. The summed E-state index contributed by atoms with van der Waals surface area (Å²) in [5, 5.41) is 62.5. The average Bonchev–Trinajstić information content (AvgIpc) is 2.90. The summed E-state index contributed by atoms with van der Waals surface area (Å²) < 4.78 is 5.79. The number of hydrogen-bond donors (Lipinski definition) is 6. The van der Waals surface area contributed by atoms with E-state index >= 15 is 0 Å². The van der Waals surface area contributed by atoms with Crippen molar-refractivity contribution in [3.8, 4) is 0 Å². The molecule has 234 valence electrons. The van der Waals surface area contributed by atoms with Crippen molar-refractivity contribution in [3.63, 3.8) is 0 Å². The van der Waals surface area contributed by atoms with Crippen LogP contribution in [0.15, 0.2) is 60.8 Å². The minimum absolute atomic E-state index is 0.00510. The first-order valence-corrected chi connectivity index (χ1v) is 15.0. The predicted molar refractivity (Wildman–Crippen MR) is 162 cm³/mol. The van der Waals surface area contributed by atoms with Gasteiger partial charge in [-0.2, -0.15) is 0 Å². The van der Waals surface area contributed by atoms with E-state index in [2.05, 4.69) is 0 Å². The molecular formula is C33H54O8. The highest BCUT2D eigenvalue weighted by molar-refractivity contribution is 5.73. The van der Waals surface area contributed by atoms with Crippen LogP contribution in [-0.2, 0) is 9.53 Å². The van der Waals surface area contributed by atoms with Crippen LogP contribution in [0.1, 0.15) is 73.1 Å². The molecule has 0 spiro atoms. The minimum atomic E-state index is -1.08. The summed E-state index contributed by atoms with van der Waals surface area (Å²) in [5.41, 5.74) is 0. The zero-order chi connectivity index (χ0) is 30.9. The molecule has 0 fully saturated rings. The molecule has 8 heteroatoms. The molecular weight excluding hydrogens is 524 g/mol. The van der Waals surface area contributed by atoms with Crippen LogP contribution >= 0.6 is 0 Å². The lowest BCUT2D eigenvalue weighted by molar-refractivity contribution is -0.162. The standard InChI is InChI=1S/C33H54O8/c1-22(2)32-23(3)15-12-10-8-6-7-9-11-13-18-29(37)24(4)30(38)21-28(36)19-26(34)16-14-17-27(35)20-31(39)25(5)33(40)41-32/h6-13,15,18,22-32,34-39H,14,16-17,19-21H2,1-5H3/b7-6+,10-8+,11-9+,15-12+,18-13+. The van der Waals surface area contributed by atoms with Crippen molar-refractivity contribution in [2.75, 3.05) is 0 Å². The van der Waals surface area contributed by atoms with Crippen LogP contribution < -0.4 is 0 Å². The van der Waals surface area contributed by atoms with Crippen molar-refractivity contribution in [2.45, 2.75) is 116 Å². The molecule has 1 aliphatic rings. The summed E-state index contributed by atoms with van der Waals surface area (Å²) in [6, 6.07) is 0. The lowest BCUT2D eigenvalue weighted by Crippen LogP contribution is -2.36. The van der Waals surface area contributed by atoms with Gasteiger partial charge < -0.3 is 35.4 Å². The number of carbonyl (C=O) groups excluding carboxylic acids is 1. The van der Waals surface area contributed by atoms with Crippen LogP contribution in [0.25, 0.3) is 0 Å². The smallest absolute Gasteiger partial charge is 0.311 e. The van der Waals surface area contributed by atoms with Crippen LogP contribution in [0, 0.1) is 23.7 Å². The van der Waals surface area contributed by atoms with E-state index in [-0.39, 0.29) is 37.2 Å². The molecule has 41 heavy (non-hydrogen) atoms. The van der Waals surface area contributed by atoms with Gasteiger partial charge in [-0.1, -0.05) is 88.5 Å². The third-order valence-corrected chi connectivity index (χ3v) is 7.67. The maximum Gasteiger partial charge on any atom is 0.311 e. The van der Waals surface area contributed by atoms with E-state index in [4.69, 9.17) is 4.74 Å². The predicted octanol–water partition coefficient (Wildman–Crippen LogP) is 3.76. The highest BCUT2D eigenvalue weighted by Gasteiger charge is 2.30. The second-order valence-corrected chi connectivity index (χ2v) is 11.8. The summed E-state index contributed by atoms with van der Waals surface area (Å²) in [7, 11) is 0. The number of esters is 1. The quantitative estimate of drug-likeness (QED) is 0.258. The molecule has 0 amide bonds. The van der Waals surface area contributed by atoms with E-state index in [1.54, 1.807) is 32.1 Å². The first-order valence-electron chi connectivity index (χ1n) is 15.0. The van der Waals surface area contributed by atoms with E-state index < -0.39 is 54.4 Å². The second kappa shape index (κ2) is 19.9. The fourth-order valence-corrected chi connectivity index (χ4v) is 4.78. The van der Waals surface area contributed by atoms with Crippen molar-refractivity contribution in [3.05, 3.63) is 60.8 Å². The van der Waals surface area contributed by atoms with Crippen molar-refractivity contribution >= 4 is 5.97 Å². The monoisotopic (exact) mass is 578 g/mol. The normalized spacial score (nSPS) is 40.4. The molecule has 10 atom stereocenters. The van der Waals surface area contributed by atoms with E-state index in [0.717, 1.165) is 0 Å². The van der Waals surface area contributed by atoms with Gasteiger partial charge in [-0.25, -0.2) is 0 Å². The third-order valence-electron chi connectivity index (χ3n) is 7.67. The number of carbonyl (C=O) groups is 1. The molecule has 0 saturated carbocycles. The molecule has 1 rings (SSSR count). The molecule has 8 nitrogen and oxygen atoms in total. The lowest BCUT2D eigenvalue weighted by Gasteiger charge is -2.28. The van der Waals surface area contributed by atoms with E-state index in [1.165, 1.54) is 0 Å². The first kappa shape index (κ1) is 37.0. The number of ether oxygens (including phenoxy) is 1. The van der Waals surface area contributed by atoms with Gasteiger partial charge >= 0.3 is 5.97 Å². The molecule has 0 aromatic heterocycles. The third kappa shape index (κ3) is 15.1. The minimum Gasteiger partial charge on any atom is -0.461 e. The van der Waals surface area contributed by atoms with Crippen molar-refractivity contribution in [1.82, 2.24) is 0 Å². The largest absolute Gasteiger partial charge is 0.461 e. The Balaban J connectivity index is 2.99. The van der Waals surface area contributed by atoms with Crippen LogP contribution in [0.3, 0.4) is 0 Å². The number of hydrogen-bond acceptors (Lipinski definition) is 8. The summed E-state index contributed by atoms with van der Waals surface area (Å²) >= 11 is 0. The summed E-state index contributed by atoms with van der Waals surface area (Å²) in [5.74, 6) is -1.83. The maximum absolute atomic E-state index is 12.8. The Kier molecular flexibility index (Phi) is 18.0. The van der Waals surface area contributed by atoms with Crippen molar-refractivity contribution in [1.29, 1.82) is 0 Å². The zero-order valence-electron chi connectivity index (χ0n) is 25.4. The van der Waals surface area contributed by atoms with Crippen LogP contribution in [0.2, 0.25) is 0 Å². The second-order valence-electron chi connectivity index (χ2n) is 11.8.